The highest BCUT2D eigenvalue weighted by Crippen LogP contribution is 2.28. The van der Waals surface area contributed by atoms with Gasteiger partial charge in [-0.25, -0.2) is 13.8 Å². The SMILES string of the molecule is CCOc1ccc(-c2nc(CSC(C)C(=O)Nc3c(F)cccc3F)cs2)cc1. The van der Waals surface area contributed by atoms with Crippen LogP contribution in [0.15, 0.2) is 47.8 Å². The molecule has 3 rings (SSSR count). The summed E-state index contributed by atoms with van der Waals surface area (Å²) in [6, 6.07) is 11.2. The summed E-state index contributed by atoms with van der Waals surface area (Å²) in [5.41, 5.74) is 1.42. The van der Waals surface area contributed by atoms with Crippen LogP contribution in [0.4, 0.5) is 14.5 Å². The number of halogens is 2. The monoisotopic (exact) mass is 434 g/mol. The lowest BCUT2D eigenvalue weighted by Gasteiger charge is -2.12. The minimum Gasteiger partial charge on any atom is -0.494 e. The van der Waals surface area contributed by atoms with E-state index in [-0.39, 0.29) is 0 Å². The molecule has 152 valence electrons. The van der Waals surface area contributed by atoms with Crippen molar-refractivity contribution >= 4 is 34.7 Å². The molecular formula is C21H20F2N2O2S2. The molecule has 0 aliphatic rings. The summed E-state index contributed by atoms with van der Waals surface area (Å²) in [4.78, 5) is 16.9. The van der Waals surface area contributed by atoms with Crippen molar-refractivity contribution in [3.63, 3.8) is 0 Å². The molecule has 0 bridgehead atoms. The molecule has 1 atom stereocenters. The van der Waals surface area contributed by atoms with Crippen LogP contribution in [0.2, 0.25) is 0 Å². The van der Waals surface area contributed by atoms with Gasteiger partial charge < -0.3 is 10.1 Å². The average Bonchev–Trinajstić information content (AvgIpc) is 3.19. The van der Waals surface area contributed by atoms with Gasteiger partial charge in [-0.2, -0.15) is 0 Å². The molecule has 1 N–H and O–H groups in total. The van der Waals surface area contributed by atoms with Crippen molar-refractivity contribution in [1.29, 1.82) is 0 Å². The van der Waals surface area contributed by atoms with E-state index >= 15 is 0 Å². The van der Waals surface area contributed by atoms with E-state index in [1.165, 1.54) is 29.2 Å². The number of nitrogens with zero attached hydrogens (tertiary/aromatic N) is 1. The Kier molecular flexibility index (Phi) is 7.22. The summed E-state index contributed by atoms with van der Waals surface area (Å²) in [7, 11) is 0. The minimum atomic E-state index is -0.796. The van der Waals surface area contributed by atoms with E-state index in [1.807, 2.05) is 36.6 Å². The van der Waals surface area contributed by atoms with Crippen molar-refractivity contribution in [2.45, 2.75) is 24.9 Å². The van der Waals surface area contributed by atoms with E-state index in [4.69, 9.17) is 4.74 Å². The summed E-state index contributed by atoms with van der Waals surface area (Å²) in [5.74, 6) is -0.720. The number of rotatable bonds is 8. The fraction of sp³-hybridized carbons (Fsp3) is 0.238. The molecule has 0 saturated heterocycles. The summed E-state index contributed by atoms with van der Waals surface area (Å²) in [6.45, 7) is 4.25. The van der Waals surface area contributed by atoms with Crippen molar-refractivity contribution < 1.29 is 18.3 Å². The predicted molar refractivity (Wildman–Crippen MR) is 114 cm³/mol. The van der Waals surface area contributed by atoms with Gasteiger partial charge in [0.2, 0.25) is 5.91 Å². The second kappa shape index (κ2) is 9.84. The number of amides is 1. The van der Waals surface area contributed by atoms with E-state index in [0.29, 0.717) is 12.4 Å². The number of anilines is 1. The Balaban J connectivity index is 1.56. The number of aromatic nitrogens is 1. The van der Waals surface area contributed by atoms with Crippen LogP contribution in [0.1, 0.15) is 19.5 Å². The number of thioether (sulfide) groups is 1. The highest BCUT2D eigenvalue weighted by Gasteiger charge is 2.18. The first kappa shape index (κ1) is 21.3. The molecule has 0 saturated carbocycles. The van der Waals surface area contributed by atoms with Gasteiger partial charge in [0, 0.05) is 16.7 Å². The molecule has 0 radical (unpaired) electrons. The van der Waals surface area contributed by atoms with Gasteiger partial charge in [0.15, 0.2) is 0 Å². The molecule has 4 nitrogen and oxygen atoms in total. The summed E-state index contributed by atoms with van der Waals surface area (Å²) in [5, 5.41) is 4.65. The Hall–Kier alpha value is -2.45. The molecule has 3 aromatic rings. The number of carbonyl (C=O) groups is 1. The van der Waals surface area contributed by atoms with Crippen LogP contribution in [0.25, 0.3) is 10.6 Å². The summed E-state index contributed by atoms with van der Waals surface area (Å²) in [6.07, 6.45) is 0. The van der Waals surface area contributed by atoms with Crippen LogP contribution in [0, 0.1) is 11.6 Å². The Morgan fingerprint density at radius 2 is 1.90 bits per heavy atom. The van der Waals surface area contributed by atoms with Gasteiger partial charge in [0.25, 0.3) is 0 Å². The molecule has 0 fully saturated rings. The summed E-state index contributed by atoms with van der Waals surface area (Å²) < 4.78 is 32.8. The molecular weight excluding hydrogens is 414 g/mol. The first-order chi connectivity index (χ1) is 14.0. The smallest absolute Gasteiger partial charge is 0.237 e. The lowest BCUT2D eigenvalue weighted by molar-refractivity contribution is -0.115. The number of ether oxygens (including phenoxy) is 1. The molecule has 1 amide bonds. The van der Waals surface area contributed by atoms with Gasteiger partial charge in [0.05, 0.1) is 17.6 Å². The zero-order valence-electron chi connectivity index (χ0n) is 15.9. The second-order valence-corrected chi connectivity index (χ2v) is 8.33. The van der Waals surface area contributed by atoms with E-state index in [0.717, 1.165) is 34.1 Å². The topological polar surface area (TPSA) is 51.2 Å². The zero-order chi connectivity index (χ0) is 20.8. The minimum absolute atomic E-state index is 0.420. The van der Waals surface area contributed by atoms with Crippen molar-refractivity contribution in [1.82, 2.24) is 4.98 Å². The molecule has 1 heterocycles. The molecule has 0 spiro atoms. The maximum Gasteiger partial charge on any atom is 0.237 e. The molecule has 1 unspecified atom stereocenters. The Morgan fingerprint density at radius 1 is 1.21 bits per heavy atom. The lowest BCUT2D eigenvalue weighted by Crippen LogP contribution is -2.23. The van der Waals surface area contributed by atoms with E-state index in [2.05, 4.69) is 10.3 Å². The standard InChI is InChI=1S/C21H20F2N2O2S2/c1-3-27-16-9-7-14(8-10-16)21-24-15(12-29-21)11-28-13(2)20(26)25-19-17(22)5-4-6-18(19)23/h4-10,12-13H,3,11H2,1-2H3,(H,25,26). The maximum absolute atomic E-state index is 13.7. The van der Waals surface area contributed by atoms with Gasteiger partial charge in [-0.1, -0.05) is 6.07 Å². The Bertz CT molecular complexity index is 957. The van der Waals surface area contributed by atoms with Gasteiger partial charge in [0.1, 0.15) is 28.1 Å². The van der Waals surface area contributed by atoms with Crippen molar-refractivity contribution in [2.75, 3.05) is 11.9 Å². The number of hydrogen-bond acceptors (Lipinski definition) is 5. The van der Waals surface area contributed by atoms with Crippen molar-refractivity contribution in [3.8, 4) is 16.3 Å². The van der Waals surface area contributed by atoms with Gasteiger partial charge >= 0.3 is 0 Å². The summed E-state index contributed by atoms with van der Waals surface area (Å²) >= 11 is 2.88. The fourth-order valence-corrected chi connectivity index (χ4v) is 4.20. The number of para-hydroxylation sites is 1. The highest BCUT2D eigenvalue weighted by atomic mass is 32.2. The number of benzene rings is 2. The van der Waals surface area contributed by atoms with Crippen LogP contribution in [0.5, 0.6) is 5.75 Å². The van der Waals surface area contributed by atoms with E-state index in [1.54, 1.807) is 6.92 Å². The Morgan fingerprint density at radius 3 is 2.55 bits per heavy atom. The third-order valence-corrected chi connectivity index (χ3v) is 6.14. The van der Waals surface area contributed by atoms with Crippen LogP contribution in [-0.2, 0) is 10.5 Å². The lowest BCUT2D eigenvalue weighted by atomic mass is 10.2. The normalized spacial score (nSPS) is 11.9. The third kappa shape index (κ3) is 5.55. The maximum atomic E-state index is 13.7. The van der Waals surface area contributed by atoms with Crippen molar-refractivity contribution in [2.24, 2.45) is 0 Å². The number of thiazole rings is 1. The molecule has 1 aromatic heterocycles. The largest absolute Gasteiger partial charge is 0.494 e. The Labute approximate surface area is 176 Å². The molecule has 2 aromatic carbocycles. The fourth-order valence-electron chi connectivity index (χ4n) is 2.49. The quantitative estimate of drug-likeness (QED) is 0.491. The van der Waals surface area contributed by atoms with Crippen molar-refractivity contribution in [3.05, 3.63) is 65.2 Å². The third-order valence-electron chi connectivity index (χ3n) is 4.03. The highest BCUT2D eigenvalue weighted by molar-refractivity contribution is 7.99. The first-order valence-electron chi connectivity index (χ1n) is 9.02. The molecule has 0 aliphatic heterocycles. The van der Waals surface area contributed by atoms with E-state index < -0.39 is 28.5 Å². The first-order valence-corrected chi connectivity index (χ1v) is 10.9. The number of hydrogen-bond donors (Lipinski definition) is 1. The van der Waals surface area contributed by atoms with Gasteiger partial charge in [-0.05, 0) is 50.2 Å². The van der Waals surface area contributed by atoms with Gasteiger partial charge in [-0.15, -0.1) is 23.1 Å². The van der Waals surface area contributed by atoms with Crippen LogP contribution < -0.4 is 10.1 Å². The molecule has 29 heavy (non-hydrogen) atoms. The van der Waals surface area contributed by atoms with Crippen LogP contribution >= 0.6 is 23.1 Å². The zero-order valence-corrected chi connectivity index (χ0v) is 17.6. The van der Waals surface area contributed by atoms with Crippen LogP contribution in [0.3, 0.4) is 0 Å². The van der Waals surface area contributed by atoms with Gasteiger partial charge in [-0.3, -0.25) is 4.79 Å². The van der Waals surface area contributed by atoms with E-state index in [9.17, 15) is 13.6 Å². The molecule has 0 aliphatic carbocycles. The predicted octanol–water partition coefficient (Wildman–Crippen LogP) is 5.75. The number of nitrogens with one attached hydrogen (secondary N) is 1. The average molecular weight is 435 g/mol. The van der Waals surface area contributed by atoms with Crippen LogP contribution in [-0.4, -0.2) is 22.7 Å². The second-order valence-electron chi connectivity index (χ2n) is 6.14. The number of carbonyl (C=O) groups excluding carboxylic acids is 1. The molecule has 8 heteroatoms.